The molecule has 2 rings (SSSR count). The first-order chi connectivity index (χ1) is 11.1. The number of likely N-dealkylation sites (tertiary alicyclic amines) is 1. The van der Waals surface area contributed by atoms with Gasteiger partial charge in [-0.3, -0.25) is 4.79 Å². The maximum atomic E-state index is 12.3. The Morgan fingerprint density at radius 1 is 1.30 bits per heavy atom. The first-order valence-electron chi connectivity index (χ1n) is 8.52. The molecule has 0 unspecified atom stereocenters. The van der Waals surface area contributed by atoms with Crippen LogP contribution in [0.3, 0.4) is 0 Å². The van der Waals surface area contributed by atoms with Gasteiger partial charge in [-0.05, 0) is 44.4 Å². The first-order valence-corrected chi connectivity index (χ1v) is 8.52. The van der Waals surface area contributed by atoms with Crippen molar-refractivity contribution in [1.82, 2.24) is 10.2 Å². The van der Waals surface area contributed by atoms with Crippen molar-refractivity contribution in [3.05, 3.63) is 35.4 Å². The Morgan fingerprint density at radius 2 is 1.96 bits per heavy atom. The number of carbonyl (C=O) groups excluding carboxylic acids is 1. The van der Waals surface area contributed by atoms with Crippen molar-refractivity contribution < 1.29 is 9.53 Å². The number of piperidine rings is 1. The summed E-state index contributed by atoms with van der Waals surface area (Å²) in [6.45, 7) is 8.39. The molecule has 0 aromatic heterocycles. The number of hydrogen-bond donors (Lipinski definition) is 2. The normalized spacial score (nSPS) is 16.7. The number of nitrogens with two attached hydrogens (primary N) is 1. The maximum Gasteiger partial charge on any atom is 0.251 e. The predicted molar refractivity (Wildman–Crippen MR) is 92.3 cm³/mol. The van der Waals surface area contributed by atoms with Gasteiger partial charge in [0.2, 0.25) is 0 Å². The fourth-order valence-corrected chi connectivity index (χ4v) is 2.78. The molecule has 1 aliphatic rings. The lowest BCUT2D eigenvalue weighted by molar-refractivity contribution is 0.0520. The van der Waals surface area contributed by atoms with Gasteiger partial charge in [0, 0.05) is 37.8 Å². The summed E-state index contributed by atoms with van der Waals surface area (Å²) in [6.07, 6.45) is 2.28. The molecule has 0 spiro atoms. The molecule has 5 nitrogen and oxygen atoms in total. The number of carbonyl (C=O) groups is 1. The van der Waals surface area contributed by atoms with Crippen LogP contribution in [0.2, 0.25) is 0 Å². The summed E-state index contributed by atoms with van der Waals surface area (Å²) in [5.74, 6) is 0.00941. The molecule has 1 fully saturated rings. The molecule has 1 aliphatic heterocycles. The zero-order valence-corrected chi connectivity index (χ0v) is 14.3. The molecule has 0 aliphatic carbocycles. The molecular weight excluding hydrogens is 290 g/mol. The van der Waals surface area contributed by atoms with Gasteiger partial charge in [0.15, 0.2) is 0 Å². The molecule has 0 radical (unpaired) electrons. The second kappa shape index (κ2) is 9.01. The third kappa shape index (κ3) is 5.94. The van der Waals surface area contributed by atoms with E-state index in [0.717, 1.165) is 44.6 Å². The van der Waals surface area contributed by atoms with E-state index in [4.69, 9.17) is 10.5 Å². The molecule has 0 bridgehead atoms. The number of ether oxygens (including phenoxy) is 1. The highest BCUT2D eigenvalue weighted by atomic mass is 16.5. The number of rotatable bonds is 7. The predicted octanol–water partition coefficient (Wildman–Crippen LogP) is 1.76. The fourth-order valence-electron chi connectivity index (χ4n) is 2.78. The van der Waals surface area contributed by atoms with E-state index >= 15 is 0 Å². The topological polar surface area (TPSA) is 67.6 Å². The largest absolute Gasteiger partial charge is 0.377 e. The minimum Gasteiger partial charge on any atom is -0.377 e. The van der Waals surface area contributed by atoms with Crippen LogP contribution in [0.1, 0.15) is 42.6 Å². The second-order valence-corrected chi connectivity index (χ2v) is 6.41. The molecule has 0 saturated carbocycles. The van der Waals surface area contributed by atoms with Gasteiger partial charge in [-0.15, -0.1) is 0 Å². The zero-order valence-electron chi connectivity index (χ0n) is 14.3. The van der Waals surface area contributed by atoms with Gasteiger partial charge in [0.05, 0.1) is 12.7 Å². The van der Waals surface area contributed by atoms with Crippen molar-refractivity contribution in [2.45, 2.75) is 45.4 Å². The van der Waals surface area contributed by atoms with Crippen molar-refractivity contribution in [2.24, 2.45) is 5.73 Å². The third-order valence-electron chi connectivity index (χ3n) is 4.23. The van der Waals surface area contributed by atoms with Crippen LogP contribution in [0.25, 0.3) is 0 Å². The number of nitrogens with one attached hydrogen (secondary N) is 1. The lowest BCUT2D eigenvalue weighted by Gasteiger charge is -2.32. The lowest BCUT2D eigenvalue weighted by Crippen LogP contribution is -2.45. The molecule has 128 valence electrons. The Kier molecular flexibility index (Phi) is 7.02. The van der Waals surface area contributed by atoms with E-state index in [-0.39, 0.29) is 18.1 Å². The van der Waals surface area contributed by atoms with Crippen molar-refractivity contribution >= 4 is 5.91 Å². The van der Waals surface area contributed by atoms with Gasteiger partial charge >= 0.3 is 0 Å². The minimum atomic E-state index is 0.00941. The molecule has 5 heteroatoms. The van der Waals surface area contributed by atoms with E-state index in [1.54, 1.807) is 0 Å². The zero-order chi connectivity index (χ0) is 16.7. The summed E-state index contributed by atoms with van der Waals surface area (Å²) in [6, 6.07) is 7.77. The minimum absolute atomic E-state index is 0.00941. The molecule has 0 atom stereocenters. The highest BCUT2D eigenvalue weighted by molar-refractivity contribution is 5.94. The van der Waals surface area contributed by atoms with Crippen LogP contribution in [-0.4, -0.2) is 49.2 Å². The summed E-state index contributed by atoms with van der Waals surface area (Å²) in [7, 11) is 0. The van der Waals surface area contributed by atoms with Gasteiger partial charge in [-0.1, -0.05) is 12.1 Å². The fraction of sp³-hybridized carbons (Fsp3) is 0.611. The van der Waals surface area contributed by atoms with E-state index in [2.05, 4.69) is 24.1 Å². The molecular formula is C18H29N3O2. The second-order valence-electron chi connectivity index (χ2n) is 6.41. The standard InChI is InChI=1S/C18H29N3O2/c1-14(2)23-12-11-21-9-7-17(8-10-21)20-18(22)16-5-3-15(13-19)4-6-16/h3-6,14,17H,7-13,19H2,1-2H3,(H,20,22). The van der Waals surface area contributed by atoms with Crippen molar-refractivity contribution in [3.8, 4) is 0 Å². The smallest absolute Gasteiger partial charge is 0.251 e. The summed E-state index contributed by atoms with van der Waals surface area (Å²) < 4.78 is 5.59. The molecule has 1 aromatic rings. The Bertz CT molecular complexity index is 480. The van der Waals surface area contributed by atoms with E-state index in [0.29, 0.717) is 12.1 Å². The van der Waals surface area contributed by atoms with Crippen molar-refractivity contribution in [3.63, 3.8) is 0 Å². The van der Waals surface area contributed by atoms with Crippen LogP contribution in [0, 0.1) is 0 Å². The SMILES string of the molecule is CC(C)OCCN1CCC(NC(=O)c2ccc(CN)cc2)CC1. The summed E-state index contributed by atoms with van der Waals surface area (Å²) >= 11 is 0. The molecule has 23 heavy (non-hydrogen) atoms. The van der Waals surface area contributed by atoms with E-state index in [1.165, 1.54) is 0 Å². The van der Waals surface area contributed by atoms with Crippen molar-refractivity contribution in [2.75, 3.05) is 26.2 Å². The van der Waals surface area contributed by atoms with Crippen LogP contribution in [-0.2, 0) is 11.3 Å². The summed E-state index contributed by atoms with van der Waals surface area (Å²) in [5.41, 5.74) is 7.32. The average Bonchev–Trinajstić information content (AvgIpc) is 2.56. The third-order valence-corrected chi connectivity index (χ3v) is 4.23. The number of benzene rings is 1. The highest BCUT2D eigenvalue weighted by Gasteiger charge is 2.20. The summed E-state index contributed by atoms with van der Waals surface area (Å²) in [4.78, 5) is 14.7. The monoisotopic (exact) mass is 319 g/mol. The van der Waals surface area contributed by atoms with Crippen molar-refractivity contribution in [1.29, 1.82) is 0 Å². The quantitative estimate of drug-likeness (QED) is 0.804. The van der Waals surface area contributed by atoms with E-state index < -0.39 is 0 Å². The van der Waals surface area contributed by atoms with E-state index in [9.17, 15) is 4.79 Å². The van der Waals surface area contributed by atoms with E-state index in [1.807, 2.05) is 24.3 Å². The molecule has 1 aromatic carbocycles. The number of hydrogen-bond acceptors (Lipinski definition) is 4. The Morgan fingerprint density at radius 3 is 2.52 bits per heavy atom. The Balaban J connectivity index is 1.71. The average molecular weight is 319 g/mol. The van der Waals surface area contributed by atoms with Gasteiger partial charge in [0.1, 0.15) is 0 Å². The van der Waals surface area contributed by atoms with Gasteiger partial charge in [-0.2, -0.15) is 0 Å². The Labute approximate surface area is 139 Å². The number of amides is 1. The van der Waals surface area contributed by atoms with Gasteiger partial charge in [0.25, 0.3) is 5.91 Å². The summed E-state index contributed by atoms with van der Waals surface area (Å²) in [5, 5.41) is 3.14. The van der Waals surface area contributed by atoms with Gasteiger partial charge < -0.3 is 20.7 Å². The molecule has 1 heterocycles. The Hall–Kier alpha value is -1.43. The first kappa shape index (κ1) is 17.9. The number of nitrogens with zero attached hydrogens (tertiary/aromatic N) is 1. The molecule has 1 saturated heterocycles. The van der Waals surface area contributed by atoms with Crippen LogP contribution >= 0.6 is 0 Å². The van der Waals surface area contributed by atoms with Crippen LogP contribution in [0.5, 0.6) is 0 Å². The van der Waals surface area contributed by atoms with Crippen LogP contribution in [0.15, 0.2) is 24.3 Å². The van der Waals surface area contributed by atoms with Gasteiger partial charge in [-0.25, -0.2) is 0 Å². The maximum absolute atomic E-state index is 12.3. The highest BCUT2D eigenvalue weighted by Crippen LogP contribution is 2.12. The van der Waals surface area contributed by atoms with Crippen LogP contribution in [0.4, 0.5) is 0 Å². The molecule has 1 amide bonds. The van der Waals surface area contributed by atoms with Crippen LogP contribution < -0.4 is 11.1 Å². The molecule has 3 N–H and O–H groups in total. The lowest BCUT2D eigenvalue weighted by atomic mass is 10.0.